The first-order chi connectivity index (χ1) is 9.79. The van der Waals surface area contributed by atoms with Crippen LogP contribution < -0.4 is 5.32 Å². The van der Waals surface area contributed by atoms with Gasteiger partial charge in [-0.25, -0.2) is 9.78 Å². The first-order valence-corrected chi connectivity index (χ1v) is 5.91. The summed E-state index contributed by atoms with van der Waals surface area (Å²) in [5.41, 5.74) is 0.256. The van der Waals surface area contributed by atoms with E-state index in [0.29, 0.717) is 10.9 Å². The fraction of sp³-hybridized carbons (Fsp3) is 0.231. The maximum Gasteiger partial charge on any atom is 0.416 e. The van der Waals surface area contributed by atoms with Crippen molar-refractivity contribution in [3.05, 3.63) is 35.9 Å². The van der Waals surface area contributed by atoms with Crippen molar-refractivity contribution in [2.24, 2.45) is 0 Å². The molecule has 2 aromatic rings. The van der Waals surface area contributed by atoms with Crippen LogP contribution in [0.5, 0.6) is 0 Å². The number of aromatic carboxylic acids is 1. The summed E-state index contributed by atoms with van der Waals surface area (Å²) in [4.78, 5) is 15.2. The molecule has 3 N–H and O–H groups in total. The Balaban J connectivity index is 2.31. The number of pyridine rings is 1. The Morgan fingerprint density at radius 2 is 2.00 bits per heavy atom. The fourth-order valence-corrected chi connectivity index (χ4v) is 1.76. The highest BCUT2D eigenvalue weighted by Gasteiger charge is 2.37. The highest BCUT2D eigenvalue weighted by molar-refractivity contribution is 6.03. The number of aromatic nitrogens is 1. The van der Waals surface area contributed by atoms with Gasteiger partial charge in [-0.05, 0) is 12.1 Å². The molecule has 2 rings (SSSR count). The molecule has 1 unspecified atom stereocenters. The molecule has 0 radical (unpaired) electrons. The smallest absolute Gasteiger partial charge is 0.416 e. The third-order valence-electron chi connectivity index (χ3n) is 2.80. The van der Waals surface area contributed by atoms with E-state index in [0.717, 1.165) is 6.07 Å². The summed E-state index contributed by atoms with van der Waals surface area (Å²) >= 11 is 0. The minimum absolute atomic E-state index is 0.0469. The van der Waals surface area contributed by atoms with E-state index in [-0.39, 0.29) is 11.4 Å². The van der Waals surface area contributed by atoms with Gasteiger partial charge in [0.2, 0.25) is 0 Å². The van der Waals surface area contributed by atoms with Gasteiger partial charge >= 0.3 is 12.1 Å². The topological polar surface area (TPSA) is 82.5 Å². The predicted molar refractivity (Wildman–Crippen MR) is 69.3 cm³/mol. The Kier molecular flexibility index (Phi) is 3.99. The Morgan fingerprint density at radius 1 is 1.33 bits per heavy atom. The quantitative estimate of drug-likeness (QED) is 0.807. The van der Waals surface area contributed by atoms with E-state index in [1.54, 1.807) is 24.3 Å². The average Bonchev–Trinajstić information content (AvgIpc) is 2.42. The number of aliphatic hydroxyl groups is 1. The molecule has 0 aliphatic rings. The number of carbonyl (C=O) groups is 1. The van der Waals surface area contributed by atoms with Crippen molar-refractivity contribution < 1.29 is 28.2 Å². The van der Waals surface area contributed by atoms with E-state index >= 15 is 0 Å². The molecule has 5 nitrogen and oxygen atoms in total. The van der Waals surface area contributed by atoms with Gasteiger partial charge in [-0.2, -0.15) is 13.2 Å². The Hall–Kier alpha value is -2.35. The van der Waals surface area contributed by atoms with Crippen LogP contribution in [0.1, 0.15) is 10.4 Å². The summed E-state index contributed by atoms with van der Waals surface area (Å²) in [5.74, 6) is -1.26. The summed E-state index contributed by atoms with van der Waals surface area (Å²) in [5, 5.41) is 20.7. The van der Waals surface area contributed by atoms with Crippen molar-refractivity contribution in [2.75, 3.05) is 11.9 Å². The number of hydrogen-bond acceptors (Lipinski definition) is 4. The second kappa shape index (κ2) is 5.57. The highest BCUT2D eigenvalue weighted by Crippen LogP contribution is 2.23. The molecule has 1 atom stereocenters. The fourth-order valence-electron chi connectivity index (χ4n) is 1.76. The summed E-state index contributed by atoms with van der Waals surface area (Å²) in [6.45, 7) is -0.812. The first kappa shape index (κ1) is 15.0. The van der Waals surface area contributed by atoms with E-state index in [9.17, 15) is 18.0 Å². The summed E-state index contributed by atoms with van der Waals surface area (Å²) in [6, 6.07) is 7.51. The SMILES string of the molecule is O=C(O)c1cc(NCC(O)C(F)(F)F)nc2ccccc12. The van der Waals surface area contributed by atoms with E-state index < -0.39 is 24.8 Å². The number of aliphatic hydroxyl groups excluding tert-OH is 1. The molecular weight excluding hydrogens is 289 g/mol. The van der Waals surface area contributed by atoms with Gasteiger partial charge in [0.25, 0.3) is 0 Å². The number of carboxylic acids is 1. The zero-order valence-electron chi connectivity index (χ0n) is 10.6. The summed E-state index contributed by atoms with van der Waals surface area (Å²) < 4.78 is 36.6. The molecule has 21 heavy (non-hydrogen) atoms. The number of nitrogens with zero attached hydrogens (tertiary/aromatic N) is 1. The number of hydrogen-bond donors (Lipinski definition) is 3. The monoisotopic (exact) mass is 300 g/mol. The number of para-hydroxylation sites is 1. The maximum atomic E-state index is 12.2. The number of fused-ring (bicyclic) bond motifs is 1. The van der Waals surface area contributed by atoms with Crippen LogP contribution in [0.15, 0.2) is 30.3 Å². The van der Waals surface area contributed by atoms with Crippen molar-refractivity contribution in [1.29, 1.82) is 0 Å². The molecule has 0 amide bonds. The minimum Gasteiger partial charge on any atom is -0.478 e. The highest BCUT2D eigenvalue weighted by atomic mass is 19.4. The molecule has 1 aromatic carbocycles. The van der Waals surface area contributed by atoms with Gasteiger partial charge in [-0.15, -0.1) is 0 Å². The molecule has 0 bridgehead atoms. The molecule has 0 aliphatic heterocycles. The second-order valence-electron chi connectivity index (χ2n) is 4.32. The van der Waals surface area contributed by atoms with Crippen LogP contribution in [0.25, 0.3) is 10.9 Å². The van der Waals surface area contributed by atoms with E-state index in [2.05, 4.69) is 10.3 Å². The van der Waals surface area contributed by atoms with Crippen LogP contribution in [0, 0.1) is 0 Å². The van der Waals surface area contributed by atoms with Gasteiger partial charge in [-0.1, -0.05) is 18.2 Å². The molecule has 112 valence electrons. The van der Waals surface area contributed by atoms with Crippen LogP contribution in [-0.4, -0.2) is 40.0 Å². The lowest BCUT2D eigenvalue weighted by Gasteiger charge is -2.16. The number of benzene rings is 1. The summed E-state index contributed by atoms with van der Waals surface area (Å²) in [7, 11) is 0. The Morgan fingerprint density at radius 3 is 2.62 bits per heavy atom. The second-order valence-corrected chi connectivity index (χ2v) is 4.32. The lowest BCUT2D eigenvalue weighted by Crippen LogP contribution is -2.35. The molecule has 1 heterocycles. The van der Waals surface area contributed by atoms with Crippen molar-refractivity contribution in [1.82, 2.24) is 4.98 Å². The van der Waals surface area contributed by atoms with E-state index in [1.165, 1.54) is 0 Å². The van der Waals surface area contributed by atoms with Gasteiger partial charge in [0.05, 0.1) is 17.6 Å². The lowest BCUT2D eigenvalue weighted by molar-refractivity contribution is -0.198. The molecular formula is C13H11F3N2O3. The van der Waals surface area contributed by atoms with E-state index in [1.807, 2.05) is 0 Å². The van der Waals surface area contributed by atoms with E-state index in [4.69, 9.17) is 10.2 Å². The zero-order valence-corrected chi connectivity index (χ0v) is 10.6. The Labute approximate surface area is 117 Å². The maximum absolute atomic E-state index is 12.2. The average molecular weight is 300 g/mol. The van der Waals surface area contributed by atoms with Crippen LogP contribution in [0.3, 0.4) is 0 Å². The lowest BCUT2D eigenvalue weighted by atomic mass is 10.1. The first-order valence-electron chi connectivity index (χ1n) is 5.91. The predicted octanol–water partition coefficient (Wildman–Crippen LogP) is 2.27. The van der Waals surface area contributed by atoms with Crippen LogP contribution >= 0.6 is 0 Å². The van der Waals surface area contributed by atoms with Gasteiger partial charge in [0.1, 0.15) is 5.82 Å². The molecule has 8 heteroatoms. The number of nitrogens with one attached hydrogen (secondary N) is 1. The van der Waals surface area contributed by atoms with Gasteiger partial charge in [-0.3, -0.25) is 0 Å². The third kappa shape index (κ3) is 3.40. The van der Waals surface area contributed by atoms with Crippen molar-refractivity contribution in [2.45, 2.75) is 12.3 Å². The number of anilines is 1. The minimum atomic E-state index is -4.75. The van der Waals surface area contributed by atoms with Crippen molar-refractivity contribution in [3.63, 3.8) is 0 Å². The zero-order chi connectivity index (χ0) is 15.6. The third-order valence-corrected chi connectivity index (χ3v) is 2.80. The molecule has 1 aromatic heterocycles. The Bertz CT molecular complexity index is 673. The largest absolute Gasteiger partial charge is 0.478 e. The number of carboxylic acid groups (broad SMARTS) is 1. The van der Waals surface area contributed by atoms with Crippen molar-refractivity contribution >= 4 is 22.7 Å². The normalized spacial score (nSPS) is 13.1. The van der Waals surface area contributed by atoms with Crippen LogP contribution in [0.4, 0.5) is 19.0 Å². The molecule has 0 fully saturated rings. The number of halogens is 3. The summed E-state index contributed by atoms with van der Waals surface area (Å²) in [6.07, 6.45) is -7.31. The molecule has 0 saturated heterocycles. The number of alkyl halides is 3. The van der Waals surface area contributed by atoms with Crippen molar-refractivity contribution in [3.8, 4) is 0 Å². The molecule has 0 saturated carbocycles. The molecule has 0 aliphatic carbocycles. The van der Waals surface area contributed by atoms with Crippen LogP contribution in [0.2, 0.25) is 0 Å². The van der Waals surface area contributed by atoms with Gasteiger partial charge in [0, 0.05) is 5.39 Å². The standard InChI is InChI=1S/C13H11F3N2O3/c14-13(15,16)10(19)6-17-11-5-8(12(20)21)7-3-1-2-4-9(7)18-11/h1-5,10,19H,6H2,(H,17,18)(H,20,21). The molecule has 0 spiro atoms. The van der Waals surface area contributed by atoms with Crippen LogP contribution in [-0.2, 0) is 0 Å². The van der Waals surface area contributed by atoms with Gasteiger partial charge < -0.3 is 15.5 Å². The number of rotatable bonds is 4. The van der Waals surface area contributed by atoms with Gasteiger partial charge in [0.15, 0.2) is 6.10 Å².